The summed E-state index contributed by atoms with van der Waals surface area (Å²) in [6, 6.07) is -0.934. The van der Waals surface area contributed by atoms with E-state index >= 15 is 0 Å². The van der Waals surface area contributed by atoms with Crippen molar-refractivity contribution in [2.75, 3.05) is 13.7 Å². The average molecular weight is 485 g/mol. The Labute approximate surface area is 184 Å². The van der Waals surface area contributed by atoms with Crippen molar-refractivity contribution >= 4 is 75.7 Å². The normalized spacial score (nSPS) is 15.1. The van der Waals surface area contributed by atoms with E-state index in [2.05, 4.69) is 5.32 Å². The number of ether oxygens (including phenoxy) is 1. The van der Waals surface area contributed by atoms with E-state index in [0.717, 1.165) is 11.3 Å². The van der Waals surface area contributed by atoms with Gasteiger partial charge in [-0.1, -0.05) is 48.7 Å². The van der Waals surface area contributed by atoms with Crippen molar-refractivity contribution in [3.05, 3.63) is 11.8 Å². The minimum Gasteiger partial charge on any atom is -0.499 e. The standard InChI is InChI=1S/C13H17Cl3N2O4.C3H6Cl2/c1-3-10(19)17-9(4-5-13(14,15)16)12(21)18-7-8(22-2)6-11(18)20;1-2-3(4)5/h6,9H,3-5,7H2,1-2H3,(H,17,19);3H,2H2,1H3. The number of halogens is 5. The number of alkyl halides is 5. The quantitative estimate of drug-likeness (QED) is 0.552. The van der Waals surface area contributed by atoms with E-state index < -0.39 is 21.6 Å². The third kappa shape index (κ3) is 11.3. The van der Waals surface area contributed by atoms with Crippen LogP contribution in [0.3, 0.4) is 0 Å². The molecule has 1 atom stereocenters. The van der Waals surface area contributed by atoms with Gasteiger partial charge in [0.2, 0.25) is 5.91 Å². The Morgan fingerprint density at radius 2 is 1.85 bits per heavy atom. The molecule has 0 aromatic heterocycles. The number of nitrogens with zero attached hydrogens (tertiary/aromatic N) is 1. The average Bonchev–Trinajstić information content (AvgIpc) is 2.98. The highest BCUT2D eigenvalue weighted by molar-refractivity contribution is 6.67. The maximum absolute atomic E-state index is 12.5. The van der Waals surface area contributed by atoms with Crippen LogP contribution in [0.2, 0.25) is 0 Å². The first-order chi connectivity index (χ1) is 12.4. The molecule has 0 saturated carbocycles. The predicted molar refractivity (Wildman–Crippen MR) is 109 cm³/mol. The van der Waals surface area contributed by atoms with Crippen molar-refractivity contribution in [1.82, 2.24) is 10.2 Å². The number of amides is 3. The molecule has 0 aliphatic carbocycles. The lowest BCUT2D eigenvalue weighted by molar-refractivity contribution is -0.143. The minimum atomic E-state index is -1.54. The second-order valence-corrected chi connectivity index (χ2v) is 9.30. The number of methoxy groups -OCH3 is 1. The number of rotatable bonds is 7. The lowest BCUT2D eigenvalue weighted by Gasteiger charge is -2.24. The van der Waals surface area contributed by atoms with Crippen LogP contribution in [-0.2, 0) is 19.1 Å². The van der Waals surface area contributed by atoms with Gasteiger partial charge in [-0.25, -0.2) is 0 Å². The first kappa shape index (κ1) is 26.6. The monoisotopic (exact) mass is 482 g/mol. The van der Waals surface area contributed by atoms with Crippen LogP contribution in [0.25, 0.3) is 0 Å². The molecule has 1 aliphatic rings. The molecule has 1 rings (SSSR count). The van der Waals surface area contributed by atoms with Gasteiger partial charge in [0.25, 0.3) is 11.8 Å². The van der Waals surface area contributed by atoms with Gasteiger partial charge in [-0.05, 0) is 19.3 Å². The van der Waals surface area contributed by atoms with Crippen molar-refractivity contribution in [1.29, 1.82) is 0 Å². The summed E-state index contributed by atoms with van der Waals surface area (Å²) >= 11 is 27.5. The number of imide groups is 1. The number of nitrogens with one attached hydrogen (secondary N) is 1. The zero-order valence-electron chi connectivity index (χ0n) is 15.2. The Balaban J connectivity index is 0.00000119. The van der Waals surface area contributed by atoms with Crippen LogP contribution in [-0.4, -0.2) is 50.9 Å². The zero-order chi connectivity index (χ0) is 21.2. The molecule has 0 aromatic carbocycles. The number of hydrogen-bond donors (Lipinski definition) is 1. The van der Waals surface area contributed by atoms with E-state index in [-0.39, 0.29) is 36.6 Å². The fraction of sp³-hybridized carbons (Fsp3) is 0.688. The highest BCUT2D eigenvalue weighted by Crippen LogP contribution is 2.32. The summed E-state index contributed by atoms with van der Waals surface area (Å²) in [5, 5.41) is 2.55. The van der Waals surface area contributed by atoms with Crippen LogP contribution in [0.4, 0.5) is 0 Å². The molecular weight excluding hydrogens is 461 g/mol. The molecule has 1 heterocycles. The fourth-order valence-corrected chi connectivity index (χ4v) is 2.18. The molecule has 0 radical (unpaired) electrons. The number of carbonyl (C=O) groups excluding carboxylic acids is 3. The molecule has 156 valence electrons. The van der Waals surface area contributed by atoms with Gasteiger partial charge in [-0.15, -0.1) is 23.2 Å². The lowest BCUT2D eigenvalue weighted by Crippen LogP contribution is -2.49. The van der Waals surface area contributed by atoms with E-state index in [1.54, 1.807) is 6.92 Å². The van der Waals surface area contributed by atoms with Gasteiger partial charge in [0.05, 0.1) is 13.7 Å². The van der Waals surface area contributed by atoms with Crippen molar-refractivity contribution < 1.29 is 19.1 Å². The summed E-state index contributed by atoms with van der Waals surface area (Å²) in [6.07, 6.45) is 2.43. The smallest absolute Gasteiger partial charge is 0.257 e. The van der Waals surface area contributed by atoms with E-state index in [1.165, 1.54) is 13.2 Å². The zero-order valence-corrected chi connectivity index (χ0v) is 19.0. The molecule has 0 bridgehead atoms. The molecule has 1 aliphatic heterocycles. The molecule has 0 spiro atoms. The van der Waals surface area contributed by atoms with Crippen LogP contribution in [0, 0.1) is 0 Å². The molecule has 3 amide bonds. The Morgan fingerprint density at radius 1 is 1.30 bits per heavy atom. The summed E-state index contributed by atoms with van der Waals surface area (Å²) in [4.78, 5) is 36.7. The first-order valence-corrected chi connectivity index (χ1v) is 10.2. The topological polar surface area (TPSA) is 75.7 Å². The van der Waals surface area contributed by atoms with E-state index in [4.69, 9.17) is 62.7 Å². The molecule has 6 nitrogen and oxygen atoms in total. The van der Waals surface area contributed by atoms with Gasteiger partial charge in [0.1, 0.15) is 16.6 Å². The molecule has 1 unspecified atom stereocenters. The highest BCUT2D eigenvalue weighted by atomic mass is 35.6. The molecule has 0 fully saturated rings. The SMILES string of the molecule is CCC(=O)NC(CCC(Cl)(Cl)Cl)C(=O)N1CC(OC)=CC1=O.CCC(Cl)Cl. The summed E-state index contributed by atoms with van der Waals surface area (Å²) in [5.74, 6) is -0.995. The Morgan fingerprint density at radius 3 is 2.22 bits per heavy atom. The molecule has 27 heavy (non-hydrogen) atoms. The molecule has 11 heteroatoms. The van der Waals surface area contributed by atoms with Gasteiger partial charge in [-0.2, -0.15) is 0 Å². The third-order valence-electron chi connectivity index (χ3n) is 3.37. The maximum Gasteiger partial charge on any atom is 0.257 e. The van der Waals surface area contributed by atoms with Crippen LogP contribution in [0.1, 0.15) is 39.5 Å². The lowest BCUT2D eigenvalue weighted by atomic mass is 10.1. The van der Waals surface area contributed by atoms with Crippen LogP contribution in [0.5, 0.6) is 0 Å². The Bertz CT molecular complexity index is 549. The second kappa shape index (κ2) is 12.9. The van der Waals surface area contributed by atoms with Gasteiger partial charge in [-0.3, -0.25) is 19.3 Å². The molecular formula is C16H23Cl5N2O4. The number of carbonyl (C=O) groups is 3. The minimum absolute atomic E-state index is 0.0282. The van der Waals surface area contributed by atoms with E-state index in [9.17, 15) is 14.4 Å². The first-order valence-electron chi connectivity index (χ1n) is 8.19. The highest BCUT2D eigenvalue weighted by Gasteiger charge is 2.34. The Hall–Kier alpha value is -0.400. The van der Waals surface area contributed by atoms with Crippen LogP contribution >= 0.6 is 58.0 Å². The van der Waals surface area contributed by atoms with Crippen molar-refractivity contribution in [2.45, 2.75) is 54.2 Å². The summed E-state index contributed by atoms with van der Waals surface area (Å²) in [5.41, 5.74) is 0. The van der Waals surface area contributed by atoms with Crippen LogP contribution < -0.4 is 5.32 Å². The number of hydrogen-bond acceptors (Lipinski definition) is 4. The summed E-state index contributed by atoms with van der Waals surface area (Å²) in [6.45, 7) is 3.61. The fourth-order valence-electron chi connectivity index (χ4n) is 1.85. The van der Waals surface area contributed by atoms with Gasteiger partial charge >= 0.3 is 0 Å². The maximum atomic E-state index is 12.5. The van der Waals surface area contributed by atoms with Gasteiger partial charge in [0.15, 0.2) is 3.79 Å². The molecule has 1 N–H and O–H groups in total. The second-order valence-electron chi connectivity index (χ2n) is 5.50. The molecule has 0 aromatic rings. The van der Waals surface area contributed by atoms with Crippen molar-refractivity contribution in [3.63, 3.8) is 0 Å². The van der Waals surface area contributed by atoms with Crippen LogP contribution in [0.15, 0.2) is 11.8 Å². The molecule has 0 saturated heterocycles. The van der Waals surface area contributed by atoms with E-state index in [1.807, 2.05) is 6.92 Å². The largest absolute Gasteiger partial charge is 0.499 e. The van der Waals surface area contributed by atoms with Gasteiger partial charge in [0, 0.05) is 12.5 Å². The predicted octanol–water partition coefficient (Wildman–Crippen LogP) is 4.13. The van der Waals surface area contributed by atoms with E-state index in [0.29, 0.717) is 5.76 Å². The summed E-state index contributed by atoms with van der Waals surface area (Å²) in [7, 11) is 1.41. The Kier molecular flexibility index (Phi) is 12.7. The summed E-state index contributed by atoms with van der Waals surface area (Å²) < 4.78 is 3.41. The van der Waals surface area contributed by atoms with Gasteiger partial charge < -0.3 is 10.1 Å². The third-order valence-corrected chi connectivity index (χ3v) is 4.56. The van der Waals surface area contributed by atoms with Crippen molar-refractivity contribution in [2.24, 2.45) is 0 Å². The van der Waals surface area contributed by atoms with Crippen molar-refractivity contribution in [3.8, 4) is 0 Å².